The molecule has 102 valence electrons. The van der Waals surface area contributed by atoms with Crippen molar-refractivity contribution < 1.29 is 0 Å². The van der Waals surface area contributed by atoms with Gasteiger partial charge in [0.05, 0.1) is 20.9 Å². The summed E-state index contributed by atoms with van der Waals surface area (Å²) in [5.74, 6) is 1.04. The lowest BCUT2D eigenvalue weighted by Crippen LogP contribution is -2.37. The first-order valence-corrected chi connectivity index (χ1v) is 7.81. The zero-order valence-corrected chi connectivity index (χ0v) is 12.8. The number of aryl methyl sites for hydroxylation is 2. The van der Waals surface area contributed by atoms with Crippen LogP contribution in [-0.4, -0.2) is 28.0 Å². The van der Waals surface area contributed by atoms with Crippen LogP contribution in [0.15, 0.2) is 6.33 Å². The highest BCUT2D eigenvalue weighted by atomic mass is 35.5. The third-order valence-corrected chi connectivity index (χ3v) is 5.51. The first kappa shape index (κ1) is 12.3. The summed E-state index contributed by atoms with van der Waals surface area (Å²) in [7, 11) is 0. The van der Waals surface area contributed by atoms with E-state index in [0.717, 1.165) is 55.6 Å². The lowest BCUT2D eigenvalue weighted by Gasteiger charge is -2.31. The highest BCUT2D eigenvalue weighted by Crippen LogP contribution is 2.40. The first-order valence-electron chi connectivity index (χ1n) is 6.61. The van der Waals surface area contributed by atoms with Crippen LogP contribution in [0.5, 0.6) is 0 Å². The molecule has 6 heteroatoms. The van der Waals surface area contributed by atoms with E-state index in [2.05, 4.69) is 19.9 Å². The monoisotopic (exact) mass is 304 g/mol. The van der Waals surface area contributed by atoms with Crippen molar-refractivity contribution >= 4 is 49.2 Å². The second-order valence-corrected chi connectivity index (χ2v) is 6.51. The maximum atomic E-state index is 6.34. The van der Waals surface area contributed by atoms with Gasteiger partial charge >= 0.3 is 0 Å². The van der Waals surface area contributed by atoms with Gasteiger partial charge in [0, 0.05) is 18.5 Å². The fourth-order valence-corrected chi connectivity index (χ4v) is 4.03. The summed E-state index contributed by atoms with van der Waals surface area (Å²) < 4.78 is 1.12. The van der Waals surface area contributed by atoms with Gasteiger partial charge in [-0.05, 0) is 25.8 Å². The van der Waals surface area contributed by atoms with Crippen molar-refractivity contribution in [1.29, 1.82) is 0 Å². The Hall–Kier alpha value is -1.46. The summed E-state index contributed by atoms with van der Waals surface area (Å²) in [6.45, 7) is 6.14. The first-order chi connectivity index (χ1) is 9.66. The van der Waals surface area contributed by atoms with Crippen LogP contribution >= 0.6 is 22.9 Å². The van der Waals surface area contributed by atoms with E-state index < -0.39 is 0 Å². The number of rotatable bonds is 1. The molecule has 1 fully saturated rings. The quantitative estimate of drug-likeness (QED) is 0.687. The Morgan fingerprint density at radius 1 is 1.25 bits per heavy atom. The molecule has 0 spiro atoms. The minimum absolute atomic E-state index is 0.737. The van der Waals surface area contributed by atoms with Crippen molar-refractivity contribution in [1.82, 2.24) is 15.0 Å². The molecule has 0 N–H and O–H groups in total. The molecule has 0 radical (unpaired) electrons. The van der Waals surface area contributed by atoms with Crippen LogP contribution in [0.1, 0.15) is 17.7 Å². The fraction of sp³-hybridized carbons (Fsp3) is 0.357. The molecule has 1 aliphatic heterocycles. The molecule has 20 heavy (non-hydrogen) atoms. The standard InChI is InChI=1S/C14H13ClN4S/c1-7-9-11-12(20-14(9)18-8(2)10(7)15)13(17-6-16-11)19-4-3-5-19/h6H,3-5H2,1-2H3. The van der Waals surface area contributed by atoms with E-state index in [1.165, 1.54) is 6.42 Å². The second kappa shape index (κ2) is 4.27. The molecule has 0 unspecified atom stereocenters. The van der Waals surface area contributed by atoms with Crippen molar-refractivity contribution in [3.8, 4) is 0 Å². The molecule has 0 atom stereocenters. The van der Waals surface area contributed by atoms with E-state index in [1.807, 2.05) is 13.8 Å². The van der Waals surface area contributed by atoms with E-state index in [-0.39, 0.29) is 0 Å². The number of halogens is 1. The Kier molecular flexibility index (Phi) is 2.62. The number of hydrogen-bond donors (Lipinski definition) is 0. The molecule has 3 aromatic rings. The lowest BCUT2D eigenvalue weighted by atomic mass is 10.1. The third-order valence-electron chi connectivity index (χ3n) is 3.88. The molecule has 0 bridgehead atoms. The highest BCUT2D eigenvalue weighted by molar-refractivity contribution is 7.26. The highest BCUT2D eigenvalue weighted by Gasteiger charge is 2.22. The Morgan fingerprint density at radius 3 is 2.75 bits per heavy atom. The van der Waals surface area contributed by atoms with Gasteiger partial charge in [0.1, 0.15) is 17.0 Å². The minimum Gasteiger partial charge on any atom is -0.355 e. The van der Waals surface area contributed by atoms with Gasteiger partial charge in [0.15, 0.2) is 0 Å². The van der Waals surface area contributed by atoms with Gasteiger partial charge in [0.25, 0.3) is 0 Å². The Morgan fingerprint density at radius 2 is 2.05 bits per heavy atom. The van der Waals surface area contributed by atoms with Gasteiger partial charge < -0.3 is 4.90 Å². The predicted octanol–water partition coefficient (Wildman–Crippen LogP) is 3.72. The van der Waals surface area contributed by atoms with Crippen molar-refractivity contribution in [3.63, 3.8) is 0 Å². The van der Waals surface area contributed by atoms with Crippen molar-refractivity contribution in [2.24, 2.45) is 0 Å². The molecule has 0 amide bonds. The van der Waals surface area contributed by atoms with Crippen molar-refractivity contribution in [2.45, 2.75) is 20.3 Å². The Bertz CT molecular complexity index is 838. The van der Waals surface area contributed by atoms with Crippen LogP contribution < -0.4 is 4.90 Å². The Labute approximate surface area is 125 Å². The van der Waals surface area contributed by atoms with Crippen LogP contribution in [0, 0.1) is 13.8 Å². The fourth-order valence-electron chi connectivity index (χ4n) is 2.64. The maximum absolute atomic E-state index is 6.34. The average molecular weight is 305 g/mol. The molecule has 1 saturated heterocycles. The van der Waals surface area contributed by atoms with E-state index in [0.29, 0.717) is 0 Å². The van der Waals surface area contributed by atoms with Crippen LogP contribution in [0.3, 0.4) is 0 Å². The van der Waals surface area contributed by atoms with Gasteiger partial charge in [0.2, 0.25) is 0 Å². The number of aromatic nitrogens is 3. The molecule has 0 saturated carbocycles. The van der Waals surface area contributed by atoms with E-state index in [4.69, 9.17) is 11.6 Å². The van der Waals surface area contributed by atoms with Crippen LogP contribution in [0.4, 0.5) is 5.82 Å². The summed E-state index contributed by atoms with van der Waals surface area (Å²) in [4.78, 5) is 16.9. The van der Waals surface area contributed by atoms with Gasteiger partial charge in [-0.3, -0.25) is 0 Å². The lowest BCUT2D eigenvalue weighted by molar-refractivity contribution is 0.612. The minimum atomic E-state index is 0.737. The smallest absolute Gasteiger partial charge is 0.150 e. The van der Waals surface area contributed by atoms with E-state index in [1.54, 1.807) is 17.7 Å². The number of thiophene rings is 1. The number of anilines is 1. The average Bonchev–Trinajstić information content (AvgIpc) is 2.73. The molecular weight excluding hydrogens is 292 g/mol. The van der Waals surface area contributed by atoms with E-state index >= 15 is 0 Å². The number of pyridine rings is 1. The largest absolute Gasteiger partial charge is 0.355 e. The summed E-state index contributed by atoms with van der Waals surface area (Å²) in [6.07, 6.45) is 2.88. The summed E-state index contributed by atoms with van der Waals surface area (Å²) >= 11 is 8.01. The molecule has 4 rings (SSSR count). The summed E-state index contributed by atoms with van der Waals surface area (Å²) in [5, 5.41) is 1.81. The SMILES string of the molecule is Cc1nc2sc3c(N4CCC4)ncnc3c2c(C)c1Cl. The Balaban J connectivity index is 2.12. The van der Waals surface area contributed by atoms with Gasteiger partial charge in [-0.1, -0.05) is 11.6 Å². The van der Waals surface area contributed by atoms with Gasteiger partial charge in [-0.25, -0.2) is 15.0 Å². The van der Waals surface area contributed by atoms with Gasteiger partial charge in [-0.2, -0.15) is 0 Å². The third kappa shape index (κ3) is 1.56. The number of fused-ring (bicyclic) bond motifs is 3. The summed E-state index contributed by atoms with van der Waals surface area (Å²) in [5.41, 5.74) is 2.92. The molecule has 0 aromatic carbocycles. The molecule has 1 aliphatic rings. The van der Waals surface area contributed by atoms with Crippen molar-refractivity contribution in [2.75, 3.05) is 18.0 Å². The normalized spacial score (nSPS) is 15.1. The number of nitrogens with zero attached hydrogens (tertiary/aromatic N) is 4. The molecule has 4 heterocycles. The molecule has 0 aliphatic carbocycles. The van der Waals surface area contributed by atoms with Crippen LogP contribution in [-0.2, 0) is 0 Å². The van der Waals surface area contributed by atoms with Crippen LogP contribution in [0.2, 0.25) is 5.02 Å². The molecule has 3 aromatic heterocycles. The predicted molar refractivity (Wildman–Crippen MR) is 84.0 cm³/mol. The zero-order chi connectivity index (χ0) is 13.9. The van der Waals surface area contributed by atoms with E-state index in [9.17, 15) is 0 Å². The molecule has 4 nitrogen and oxygen atoms in total. The van der Waals surface area contributed by atoms with Crippen LogP contribution in [0.25, 0.3) is 20.4 Å². The summed E-state index contributed by atoms with van der Waals surface area (Å²) in [6, 6.07) is 0. The number of hydrogen-bond acceptors (Lipinski definition) is 5. The topological polar surface area (TPSA) is 41.9 Å². The molecular formula is C14H13ClN4S. The van der Waals surface area contributed by atoms with Crippen molar-refractivity contribution in [3.05, 3.63) is 22.6 Å². The maximum Gasteiger partial charge on any atom is 0.150 e. The van der Waals surface area contributed by atoms with Gasteiger partial charge in [-0.15, -0.1) is 11.3 Å². The zero-order valence-electron chi connectivity index (χ0n) is 11.3. The second-order valence-electron chi connectivity index (χ2n) is 5.13.